The van der Waals surface area contributed by atoms with Crippen molar-refractivity contribution in [1.82, 2.24) is 0 Å². The van der Waals surface area contributed by atoms with Gasteiger partial charge in [0, 0.05) is 0 Å². The fourth-order valence-corrected chi connectivity index (χ4v) is 4.24. The van der Waals surface area contributed by atoms with Crippen LogP contribution in [0, 0.1) is 27.7 Å². The smallest absolute Gasteiger partial charge is 0.169 e. The SMILES string of the molecule is Cc1ccc(C(c2ccc(C)cc2)(C(F)(F)F)C(F)(F)F)cc1.Cc1ccc(Cc2ccc(C)cc2)cc1. The first-order chi connectivity index (χ1) is 17.7. The molecule has 0 saturated carbocycles. The van der Waals surface area contributed by atoms with E-state index in [9.17, 15) is 26.3 Å². The topological polar surface area (TPSA) is 0 Å². The van der Waals surface area contributed by atoms with Crippen LogP contribution >= 0.6 is 0 Å². The first-order valence-electron chi connectivity index (χ1n) is 12.1. The monoisotopic (exact) mass is 528 g/mol. The van der Waals surface area contributed by atoms with Crippen LogP contribution < -0.4 is 0 Å². The summed E-state index contributed by atoms with van der Waals surface area (Å²) in [6.45, 7) is 7.43. The quantitative estimate of drug-likeness (QED) is 0.231. The molecule has 0 aliphatic heterocycles. The number of halogens is 6. The van der Waals surface area contributed by atoms with Crippen molar-refractivity contribution >= 4 is 0 Å². The van der Waals surface area contributed by atoms with Gasteiger partial charge in [-0.1, -0.05) is 119 Å². The Balaban J connectivity index is 0.000000230. The minimum atomic E-state index is -5.53. The third-order valence-corrected chi connectivity index (χ3v) is 6.47. The van der Waals surface area contributed by atoms with Crippen molar-refractivity contribution in [3.05, 3.63) is 142 Å². The average molecular weight is 529 g/mol. The van der Waals surface area contributed by atoms with Crippen molar-refractivity contribution < 1.29 is 26.3 Å². The van der Waals surface area contributed by atoms with Gasteiger partial charge in [0.2, 0.25) is 5.41 Å². The fourth-order valence-electron chi connectivity index (χ4n) is 4.24. The highest BCUT2D eigenvalue weighted by Crippen LogP contribution is 2.56. The summed E-state index contributed by atoms with van der Waals surface area (Å²) in [5, 5.41) is 0. The summed E-state index contributed by atoms with van der Waals surface area (Å²) < 4.78 is 82.3. The van der Waals surface area contributed by atoms with Crippen LogP contribution in [0.15, 0.2) is 97.1 Å². The van der Waals surface area contributed by atoms with E-state index in [2.05, 4.69) is 62.4 Å². The molecule has 4 rings (SSSR count). The van der Waals surface area contributed by atoms with Crippen molar-refractivity contribution in [2.75, 3.05) is 0 Å². The van der Waals surface area contributed by atoms with Crippen molar-refractivity contribution in [2.24, 2.45) is 0 Å². The zero-order valence-corrected chi connectivity index (χ0v) is 21.7. The van der Waals surface area contributed by atoms with Gasteiger partial charge in [-0.3, -0.25) is 0 Å². The molecule has 6 heteroatoms. The molecule has 200 valence electrons. The maximum atomic E-state index is 13.7. The molecule has 4 aromatic rings. The maximum absolute atomic E-state index is 13.7. The zero-order valence-electron chi connectivity index (χ0n) is 21.7. The highest BCUT2D eigenvalue weighted by atomic mass is 19.4. The Kier molecular flexibility index (Phi) is 8.75. The average Bonchev–Trinajstić information content (AvgIpc) is 2.83. The van der Waals surface area contributed by atoms with E-state index in [1.54, 1.807) is 13.8 Å². The first kappa shape index (κ1) is 29.0. The largest absolute Gasteiger partial charge is 0.411 e. The second-order valence-electron chi connectivity index (χ2n) is 9.63. The second kappa shape index (κ2) is 11.5. The standard InChI is InChI=1S/C17H14F6.C15H16/c1-11-3-7-13(8-4-11)15(16(18,19)20,17(21,22)23)14-9-5-12(2)6-10-14;1-12-3-7-14(8-4-12)11-15-9-5-13(2)6-10-15/h3-10H,1-2H3;3-10H,11H2,1-2H3. The van der Waals surface area contributed by atoms with Gasteiger partial charge in [0.15, 0.2) is 0 Å². The van der Waals surface area contributed by atoms with E-state index < -0.39 is 28.9 Å². The van der Waals surface area contributed by atoms with Gasteiger partial charge in [-0.25, -0.2) is 0 Å². The van der Waals surface area contributed by atoms with Gasteiger partial charge in [0.05, 0.1) is 0 Å². The number of hydrogen-bond donors (Lipinski definition) is 0. The molecule has 0 saturated heterocycles. The molecule has 0 amide bonds. The van der Waals surface area contributed by atoms with Crippen molar-refractivity contribution in [2.45, 2.75) is 51.9 Å². The highest BCUT2D eigenvalue weighted by molar-refractivity contribution is 5.45. The van der Waals surface area contributed by atoms with Crippen molar-refractivity contribution in [3.8, 4) is 0 Å². The van der Waals surface area contributed by atoms with E-state index in [1.807, 2.05) is 0 Å². The fraction of sp³-hybridized carbons (Fsp3) is 0.250. The van der Waals surface area contributed by atoms with Crippen LogP contribution in [-0.2, 0) is 11.8 Å². The van der Waals surface area contributed by atoms with Crippen LogP contribution in [0.5, 0.6) is 0 Å². The summed E-state index contributed by atoms with van der Waals surface area (Å²) in [5.41, 5.74) is 0.825. The van der Waals surface area contributed by atoms with E-state index in [4.69, 9.17) is 0 Å². The minimum Gasteiger partial charge on any atom is -0.169 e. The molecule has 0 heterocycles. The Labute approximate surface area is 220 Å². The minimum absolute atomic E-state index is 0.580. The lowest BCUT2D eigenvalue weighted by atomic mass is 9.72. The predicted octanol–water partition coefficient (Wildman–Crippen LogP) is 9.61. The van der Waals surface area contributed by atoms with Gasteiger partial charge in [-0.05, 0) is 56.4 Å². The van der Waals surface area contributed by atoms with E-state index in [0.717, 1.165) is 30.7 Å². The molecule has 0 bridgehead atoms. The molecule has 0 radical (unpaired) electrons. The van der Waals surface area contributed by atoms with Gasteiger partial charge < -0.3 is 0 Å². The molecule has 0 aliphatic rings. The molecule has 38 heavy (non-hydrogen) atoms. The molecule has 0 fully saturated rings. The van der Waals surface area contributed by atoms with Gasteiger partial charge in [-0.15, -0.1) is 0 Å². The van der Waals surface area contributed by atoms with E-state index in [-0.39, 0.29) is 0 Å². The normalized spacial score (nSPS) is 12.1. The van der Waals surface area contributed by atoms with Crippen LogP contribution in [0.2, 0.25) is 0 Å². The molecular weight excluding hydrogens is 498 g/mol. The number of alkyl halides is 6. The molecule has 0 spiro atoms. The Morgan fingerprint density at radius 1 is 0.395 bits per heavy atom. The van der Waals surface area contributed by atoms with E-state index in [0.29, 0.717) is 11.1 Å². The number of rotatable bonds is 4. The Morgan fingerprint density at radius 2 is 0.632 bits per heavy atom. The lowest BCUT2D eigenvalue weighted by molar-refractivity contribution is -0.288. The molecule has 4 aromatic carbocycles. The van der Waals surface area contributed by atoms with Gasteiger partial charge in [0.25, 0.3) is 0 Å². The third-order valence-electron chi connectivity index (χ3n) is 6.47. The molecule has 0 unspecified atom stereocenters. The Hall–Kier alpha value is -3.54. The van der Waals surface area contributed by atoms with Crippen molar-refractivity contribution in [3.63, 3.8) is 0 Å². The lowest BCUT2D eigenvalue weighted by Crippen LogP contribution is -2.54. The molecule has 0 aliphatic carbocycles. The third kappa shape index (κ3) is 6.47. The summed E-state index contributed by atoms with van der Waals surface area (Å²) in [7, 11) is 0. The molecule has 0 nitrogen and oxygen atoms in total. The van der Waals surface area contributed by atoms with Gasteiger partial charge in [-0.2, -0.15) is 26.3 Å². The molecular formula is C32H30F6. The zero-order chi connectivity index (χ0) is 28.1. The number of aryl methyl sites for hydroxylation is 4. The molecule has 0 N–H and O–H groups in total. The molecule has 0 aromatic heterocycles. The van der Waals surface area contributed by atoms with Crippen LogP contribution in [-0.4, -0.2) is 12.4 Å². The Morgan fingerprint density at radius 3 is 0.868 bits per heavy atom. The Bertz CT molecular complexity index is 1190. The summed E-state index contributed by atoms with van der Waals surface area (Å²) in [5.74, 6) is 0. The van der Waals surface area contributed by atoms with E-state index >= 15 is 0 Å². The second-order valence-corrected chi connectivity index (χ2v) is 9.63. The summed E-state index contributed by atoms with van der Waals surface area (Å²) in [6, 6.07) is 26.0. The van der Waals surface area contributed by atoms with E-state index in [1.165, 1.54) is 46.5 Å². The lowest BCUT2D eigenvalue weighted by Gasteiger charge is -2.38. The van der Waals surface area contributed by atoms with Crippen LogP contribution in [0.25, 0.3) is 0 Å². The summed E-state index contributed by atoms with van der Waals surface area (Å²) in [6.07, 6.45) is -10.0. The van der Waals surface area contributed by atoms with Gasteiger partial charge in [0.1, 0.15) is 0 Å². The summed E-state index contributed by atoms with van der Waals surface area (Å²) >= 11 is 0. The molecule has 0 atom stereocenters. The maximum Gasteiger partial charge on any atom is 0.411 e. The highest BCUT2D eigenvalue weighted by Gasteiger charge is 2.72. The van der Waals surface area contributed by atoms with Crippen LogP contribution in [0.4, 0.5) is 26.3 Å². The summed E-state index contributed by atoms with van der Waals surface area (Å²) in [4.78, 5) is 0. The van der Waals surface area contributed by atoms with Crippen LogP contribution in [0.3, 0.4) is 0 Å². The van der Waals surface area contributed by atoms with Crippen molar-refractivity contribution in [1.29, 1.82) is 0 Å². The van der Waals surface area contributed by atoms with Gasteiger partial charge >= 0.3 is 12.4 Å². The first-order valence-corrected chi connectivity index (χ1v) is 12.1. The number of benzene rings is 4. The predicted molar refractivity (Wildman–Crippen MR) is 140 cm³/mol. The number of hydrogen-bond acceptors (Lipinski definition) is 0. The van der Waals surface area contributed by atoms with Crippen LogP contribution in [0.1, 0.15) is 44.5 Å².